The molecule has 0 aromatic rings. The van der Waals surface area contributed by atoms with E-state index in [0.717, 1.165) is 19.0 Å². The third-order valence-corrected chi connectivity index (χ3v) is 1.88. The zero-order chi connectivity index (χ0) is 6.81. The van der Waals surface area contributed by atoms with E-state index >= 15 is 0 Å². The molecule has 2 heterocycles. The van der Waals surface area contributed by atoms with E-state index in [4.69, 9.17) is 9.47 Å². The summed E-state index contributed by atoms with van der Waals surface area (Å²) in [6.45, 7) is 2.64. The monoisotopic (exact) mass is 141 g/mol. The van der Waals surface area contributed by atoms with Crippen LogP contribution in [0.2, 0.25) is 0 Å². The van der Waals surface area contributed by atoms with Crippen molar-refractivity contribution >= 4 is 0 Å². The number of hydrogen-bond acceptors (Lipinski definition) is 3. The SMILES string of the molecule is C1=C(N2CCCC2)OCO1. The Morgan fingerprint density at radius 3 is 2.70 bits per heavy atom. The molecule has 2 aliphatic rings. The molecular formula is C7H11NO2. The number of rotatable bonds is 1. The van der Waals surface area contributed by atoms with Gasteiger partial charge in [0.25, 0.3) is 0 Å². The van der Waals surface area contributed by atoms with E-state index in [9.17, 15) is 0 Å². The van der Waals surface area contributed by atoms with Gasteiger partial charge < -0.3 is 14.4 Å². The summed E-state index contributed by atoms with van der Waals surface area (Å²) in [6.07, 6.45) is 4.26. The van der Waals surface area contributed by atoms with Crippen molar-refractivity contribution in [2.75, 3.05) is 19.9 Å². The molecule has 1 fully saturated rings. The molecule has 0 N–H and O–H groups in total. The molecule has 0 aromatic heterocycles. The molecule has 0 amide bonds. The van der Waals surface area contributed by atoms with Gasteiger partial charge in [-0.25, -0.2) is 0 Å². The Labute approximate surface area is 60.2 Å². The Morgan fingerprint density at radius 1 is 1.30 bits per heavy atom. The highest BCUT2D eigenvalue weighted by molar-refractivity contribution is 4.92. The minimum absolute atomic E-state index is 0.395. The summed E-state index contributed by atoms with van der Waals surface area (Å²) in [7, 11) is 0. The van der Waals surface area contributed by atoms with E-state index in [1.807, 2.05) is 0 Å². The summed E-state index contributed by atoms with van der Waals surface area (Å²) in [5, 5.41) is 0. The maximum absolute atomic E-state index is 5.20. The zero-order valence-corrected chi connectivity index (χ0v) is 5.88. The second-order valence-corrected chi connectivity index (χ2v) is 2.58. The van der Waals surface area contributed by atoms with Gasteiger partial charge in [0.05, 0.1) is 0 Å². The highest BCUT2D eigenvalue weighted by Crippen LogP contribution is 2.18. The van der Waals surface area contributed by atoms with Gasteiger partial charge in [0, 0.05) is 13.1 Å². The lowest BCUT2D eigenvalue weighted by molar-refractivity contribution is 0.0535. The Hall–Kier alpha value is -0.860. The largest absolute Gasteiger partial charge is 0.459 e. The molecule has 0 unspecified atom stereocenters. The van der Waals surface area contributed by atoms with Crippen LogP contribution in [-0.4, -0.2) is 24.8 Å². The normalized spacial score (nSPS) is 24.0. The second kappa shape index (κ2) is 2.40. The fourth-order valence-corrected chi connectivity index (χ4v) is 1.34. The molecule has 0 atom stereocenters. The van der Waals surface area contributed by atoms with Crippen LogP contribution in [0, 0.1) is 0 Å². The van der Waals surface area contributed by atoms with Crippen molar-refractivity contribution in [3.63, 3.8) is 0 Å². The van der Waals surface area contributed by atoms with Crippen molar-refractivity contribution < 1.29 is 9.47 Å². The lowest BCUT2D eigenvalue weighted by atomic mass is 10.4. The first kappa shape index (κ1) is 5.89. The highest BCUT2D eigenvalue weighted by Gasteiger charge is 2.18. The molecule has 3 nitrogen and oxygen atoms in total. The smallest absolute Gasteiger partial charge is 0.232 e. The molecule has 0 radical (unpaired) electrons. The summed E-state index contributed by atoms with van der Waals surface area (Å²) in [5.74, 6) is 0.914. The van der Waals surface area contributed by atoms with Crippen LogP contribution in [0.3, 0.4) is 0 Å². The number of hydrogen-bond donors (Lipinski definition) is 0. The first-order chi connectivity index (χ1) is 4.97. The van der Waals surface area contributed by atoms with Crippen LogP contribution in [0.5, 0.6) is 0 Å². The lowest BCUT2D eigenvalue weighted by Crippen LogP contribution is -2.18. The molecule has 56 valence electrons. The predicted molar refractivity (Wildman–Crippen MR) is 35.9 cm³/mol. The average Bonchev–Trinajstić information content (AvgIpc) is 2.59. The predicted octanol–water partition coefficient (Wildman–Crippen LogP) is 0.885. The van der Waals surface area contributed by atoms with Gasteiger partial charge in [0.1, 0.15) is 6.26 Å². The molecule has 3 heteroatoms. The summed E-state index contributed by atoms with van der Waals surface area (Å²) in [5.41, 5.74) is 0. The summed E-state index contributed by atoms with van der Waals surface area (Å²) >= 11 is 0. The van der Waals surface area contributed by atoms with Gasteiger partial charge >= 0.3 is 0 Å². The Balaban J connectivity index is 1.97. The maximum Gasteiger partial charge on any atom is 0.232 e. The third kappa shape index (κ3) is 0.916. The van der Waals surface area contributed by atoms with Crippen LogP contribution in [0.25, 0.3) is 0 Å². The summed E-state index contributed by atoms with van der Waals surface area (Å²) in [6, 6.07) is 0. The Bertz CT molecular complexity index is 150. The molecule has 0 aliphatic carbocycles. The number of likely N-dealkylation sites (tertiary alicyclic amines) is 1. The van der Waals surface area contributed by atoms with Gasteiger partial charge in [0.15, 0.2) is 0 Å². The topological polar surface area (TPSA) is 21.7 Å². The van der Waals surface area contributed by atoms with Gasteiger partial charge in [-0.3, -0.25) is 0 Å². The molecule has 1 saturated heterocycles. The van der Waals surface area contributed by atoms with Gasteiger partial charge in [0.2, 0.25) is 12.7 Å². The number of ether oxygens (including phenoxy) is 2. The maximum atomic E-state index is 5.20. The molecule has 0 saturated carbocycles. The van der Waals surface area contributed by atoms with Crippen LogP contribution in [0.15, 0.2) is 12.1 Å². The summed E-state index contributed by atoms with van der Waals surface area (Å²) in [4.78, 5) is 2.22. The van der Waals surface area contributed by atoms with E-state index in [1.54, 1.807) is 6.26 Å². The second-order valence-electron chi connectivity index (χ2n) is 2.58. The van der Waals surface area contributed by atoms with Gasteiger partial charge in [-0.15, -0.1) is 0 Å². The van der Waals surface area contributed by atoms with Gasteiger partial charge in [-0.2, -0.15) is 0 Å². The summed E-state index contributed by atoms with van der Waals surface area (Å²) < 4.78 is 10.1. The van der Waals surface area contributed by atoms with Crippen LogP contribution in [0.1, 0.15) is 12.8 Å². The third-order valence-electron chi connectivity index (χ3n) is 1.88. The van der Waals surface area contributed by atoms with Crippen molar-refractivity contribution in [1.82, 2.24) is 4.90 Å². The molecule has 0 spiro atoms. The van der Waals surface area contributed by atoms with Gasteiger partial charge in [-0.05, 0) is 12.8 Å². The average molecular weight is 141 g/mol. The molecule has 2 rings (SSSR count). The molecule has 2 aliphatic heterocycles. The van der Waals surface area contributed by atoms with Crippen LogP contribution >= 0.6 is 0 Å². The van der Waals surface area contributed by atoms with Crippen molar-refractivity contribution in [3.05, 3.63) is 12.1 Å². The van der Waals surface area contributed by atoms with Crippen molar-refractivity contribution in [3.8, 4) is 0 Å². The van der Waals surface area contributed by atoms with E-state index in [2.05, 4.69) is 4.90 Å². The molecular weight excluding hydrogens is 130 g/mol. The van der Waals surface area contributed by atoms with Gasteiger partial charge in [-0.1, -0.05) is 0 Å². The lowest BCUT2D eigenvalue weighted by Gasteiger charge is -2.15. The van der Waals surface area contributed by atoms with Crippen molar-refractivity contribution in [1.29, 1.82) is 0 Å². The van der Waals surface area contributed by atoms with Crippen LogP contribution in [0.4, 0.5) is 0 Å². The molecule has 0 aromatic carbocycles. The van der Waals surface area contributed by atoms with E-state index in [-0.39, 0.29) is 0 Å². The van der Waals surface area contributed by atoms with E-state index in [0.29, 0.717) is 6.79 Å². The first-order valence-electron chi connectivity index (χ1n) is 3.66. The molecule has 10 heavy (non-hydrogen) atoms. The zero-order valence-electron chi connectivity index (χ0n) is 5.88. The Kier molecular flexibility index (Phi) is 1.42. The van der Waals surface area contributed by atoms with Crippen LogP contribution in [-0.2, 0) is 9.47 Å². The van der Waals surface area contributed by atoms with E-state index < -0.39 is 0 Å². The molecule has 0 bridgehead atoms. The van der Waals surface area contributed by atoms with Crippen molar-refractivity contribution in [2.45, 2.75) is 12.8 Å². The van der Waals surface area contributed by atoms with Crippen LogP contribution < -0.4 is 0 Å². The van der Waals surface area contributed by atoms with Crippen molar-refractivity contribution in [2.24, 2.45) is 0 Å². The fraction of sp³-hybridized carbons (Fsp3) is 0.714. The van der Waals surface area contributed by atoms with E-state index in [1.165, 1.54) is 12.8 Å². The highest BCUT2D eigenvalue weighted by atomic mass is 16.7. The number of nitrogens with zero attached hydrogens (tertiary/aromatic N) is 1. The minimum Gasteiger partial charge on any atom is -0.459 e. The first-order valence-corrected chi connectivity index (χ1v) is 3.66. The minimum atomic E-state index is 0.395. The quantitative estimate of drug-likeness (QED) is 0.541. The fourth-order valence-electron chi connectivity index (χ4n) is 1.34. The Morgan fingerprint density at radius 2 is 2.10 bits per heavy atom. The standard InChI is InChI=1S/C7H11NO2/c1-2-4-8(3-1)7-5-9-6-10-7/h5H,1-4,6H2.